The van der Waals surface area contributed by atoms with Crippen LogP contribution in [0.3, 0.4) is 0 Å². The fourth-order valence-corrected chi connectivity index (χ4v) is 3.66. The Morgan fingerprint density at radius 2 is 1.90 bits per heavy atom. The topological polar surface area (TPSA) is 84.2 Å². The Balaban J connectivity index is 1.88. The van der Waals surface area contributed by atoms with Gasteiger partial charge in [-0.15, -0.1) is 0 Å². The lowest BCUT2D eigenvalue weighted by molar-refractivity contribution is -0.604. The molecule has 0 saturated carbocycles. The number of H-pyrrole nitrogens is 1. The molecule has 0 fully saturated rings. The number of hydrogen-bond acceptors (Lipinski definition) is 4. The van der Waals surface area contributed by atoms with Gasteiger partial charge in [0.15, 0.2) is 6.20 Å². The van der Waals surface area contributed by atoms with Crippen molar-refractivity contribution in [1.82, 2.24) is 10.3 Å². The van der Waals surface area contributed by atoms with Gasteiger partial charge in [-0.3, -0.25) is 5.32 Å². The molecule has 2 heterocycles. The van der Waals surface area contributed by atoms with Crippen molar-refractivity contribution >= 4 is 10.9 Å². The first-order chi connectivity index (χ1) is 14.3. The zero-order valence-electron chi connectivity index (χ0n) is 17.2. The fraction of sp³-hybridized carbons (Fsp3) is 0.381. The number of fused-ring (bicyclic) bond motifs is 1. The number of hydrogen-bond donors (Lipinski definition) is 3. The third-order valence-electron chi connectivity index (χ3n) is 5.22. The van der Waals surface area contributed by atoms with Crippen LogP contribution in [0.1, 0.15) is 31.5 Å². The number of pyridine rings is 1. The highest BCUT2D eigenvalue weighted by atomic mass is 19.4. The van der Waals surface area contributed by atoms with E-state index in [2.05, 4.69) is 10.3 Å². The van der Waals surface area contributed by atoms with Crippen LogP contribution in [0.5, 0.6) is 5.75 Å². The molecule has 0 aliphatic carbocycles. The minimum atomic E-state index is -5.02. The molecule has 0 saturated heterocycles. The highest BCUT2D eigenvalue weighted by molar-refractivity contribution is 5.78. The smallest absolute Gasteiger partial charge is 0.431 e. The number of aromatic nitrogens is 2. The molecular weight excluding hydrogens is 418 g/mol. The number of nitrogens with one attached hydrogen (secondary N) is 2. The third kappa shape index (κ3) is 4.75. The molecule has 3 N–H and O–H groups in total. The number of methoxy groups -OCH3 is 1. The summed E-state index contributed by atoms with van der Waals surface area (Å²) in [4.78, 5) is 2.85. The van der Waals surface area contributed by atoms with Gasteiger partial charge in [0.2, 0.25) is 11.9 Å². The molecule has 168 valence electrons. The number of nitrogens with zero attached hydrogens (tertiary/aromatic N) is 1. The number of ether oxygens (including phenoxy) is 1. The minimum absolute atomic E-state index is 0.199. The third-order valence-corrected chi connectivity index (χ3v) is 5.22. The number of halogens is 4. The molecule has 0 amide bonds. The Labute approximate surface area is 176 Å². The van der Waals surface area contributed by atoms with Crippen molar-refractivity contribution in [3.8, 4) is 5.75 Å². The first-order valence-electron chi connectivity index (χ1n) is 9.43. The summed E-state index contributed by atoms with van der Waals surface area (Å²) in [6.07, 6.45) is -3.29. The van der Waals surface area contributed by atoms with Crippen molar-refractivity contribution in [2.75, 3.05) is 7.11 Å². The summed E-state index contributed by atoms with van der Waals surface area (Å²) >= 11 is 0. The van der Waals surface area contributed by atoms with E-state index in [0.29, 0.717) is 21.3 Å². The molecule has 0 spiro atoms. The SMILES string of the molecule is COc1ccc(F)cc1C(C)(C)CC(O)(NCc1cc2cc[n+]([O-])cc2[nH]1)C(F)(F)F. The lowest BCUT2D eigenvalue weighted by Gasteiger charge is -2.38. The van der Waals surface area contributed by atoms with Crippen molar-refractivity contribution in [2.45, 2.75) is 44.1 Å². The van der Waals surface area contributed by atoms with Crippen molar-refractivity contribution in [3.63, 3.8) is 0 Å². The maximum absolute atomic E-state index is 13.9. The monoisotopic (exact) mass is 441 g/mol. The molecular formula is C21H23F4N3O3. The van der Waals surface area contributed by atoms with Crippen molar-refractivity contribution in [3.05, 3.63) is 65.0 Å². The van der Waals surface area contributed by atoms with Crippen LogP contribution in [0.4, 0.5) is 17.6 Å². The molecule has 3 rings (SSSR count). The summed E-state index contributed by atoms with van der Waals surface area (Å²) in [5.74, 6) is -0.404. The average molecular weight is 441 g/mol. The van der Waals surface area contributed by atoms with Gasteiger partial charge in [-0.25, -0.2) is 4.39 Å². The Kier molecular flexibility index (Phi) is 5.90. The van der Waals surface area contributed by atoms with E-state index in [4.69, 9.17) is 4.74 Å². The maximum Gasteiger partial charge on any atom is 0.431 e. The molecule has 2 aromatic heterocycles. The van der Waals surface area contributed by atoms with Crippen molar-refractivity contribution in [1.29, 1.82) is 0 Å². The summed E-state index contributed by atoms with van der Waals surface area (Å²) in [6, 6.07) is 6.69. The average Bonchev–Trinajstić information content (AvgIpc) is 3.07. The normalized spacial score (nSPS) is 14.6. The number of benzene rings is 1. The molecule has 10 heteroatoms. The highest BCUT2D eigenvalue weighted by Gasteiger charge is 2.56. The first-order valence-corrected chi connectivity index (χ1v) is 9.43. The summed E-state index contributed by atoms with van der Waals surface area (Å²) in [5, 5.41) is 24.8. The van der Waals surface area contributed by atoms with E-state index in [1.807, 2.05) is 0 Å². The molecule has 1 atom stereocenters. The maximum atomic E-state index is 13.9. The van der Waals surface area contributed by atoms with Crippen LogP contribution in [0.15, 0.2) is 42.7 Å². The minimum Gasteiger partial charge on any atom is -0.619 e. The Morgan fingerprint density at radius 3 is 2.55 bits per heavy atom. The predicted octanol–water partition coefficient (Wildman–Crippen LogP) is 3.66. The quantitative estimate of drug-likeness (QED) is 0.226. The number of rotatable bonds is 7. The summed E-state index contributed by atoms with van der Waals surface area (Å²) in [6.45, 7) is 2.59. The number of aromatic amines is 1. The summed E-state index contributed by atoms with van der Waals surface area (Å²) in [5.41, 5.74) is -3.58. The van der Waals surface area contributed by atoms with Crippen LogP contribution in [0.2, 0.25) is 0 Å². The fourth-order valence-electron chi connectivity index (χ4n) is 3.66. The van der Waals surface area contributed by atoms with E-state index in [-0.39, 0.29) is 17.9 Å². The van der Waals surface area contributed by atoms with Gasteiger partial charge >= 0.3 is 6.18 Å². The second-order valence-corrected chi connectivity index (χ2v) is 8.09. The molecule has 6 nitrogen and oxygen atoms in total. The highest BCUT2D eigenvalue weighted by Crippen LogP contribution is 2.42. The van der Waals surface area contributed by atoms with Crippen LogP contribution in [0.25, 0.3) is 10.9 Å². The molecule has 31 heavy (non-hydrogen) atoms. The molecule has 3 aromatic rings. The standard InChI is InChI=1S/C21H23F4N3O3/c1-19(2,16-9-14(22)4-5-18(16)31-3)12-20(29,21(23,24)25)26-10-15-8-13-6-7-28(30)11-17(13)27-15/h4-9,11,26-27,29H,10,12H2,1-3H3. The largest absolute Gasteiger partial charge is 0.619 e. The Morgan fingerprint density at radius 1 is 1.19 bits per heavy atom. The number of aliphatic hydroxyl groups is 1. The van der Waals surface area contributed by atoms with Crippen LogP contribution >= 0.6 is 0 Å². The Hall–Kier alpha value is -2.85. The molecule has 0 aliphatic heterocycles. The van der Waals surface area contributed by atoms with E-state index in [1.165, 1.54) is 45.5 Å². The predicted molar refractivity (Wildman–Crippen MR) is 106 cm³/mol. The van der Waals surface area contributed by atoms with Crippen molar-refractivity contribution in [2.24, 2.45) is 0 Å². The van der Waals surface area contributed by atoms with Gasteiger partial charge in [-0.05, 0) is 29.7 Å². The second-order valence-electron chi connectivity index (χ2n) is 8.09. The van der Waals surface area contributed by atoms with Crippen LogP contribution in [-0.4, -0.2) is 29.1 Å². The van der Waals surface area contributed by atoms with Gasteiger partial charge < -0.3 is 20.0 Å². The molecule has 1 aromatic carbocycles. The lowest BCUT2D eigenvalue weighted by atomic mass is 9.77. The van der Waals surface area contributed by atoms with Crippen LogP contribution in [0, 0.1) is 11.0 Å². The van der Waals surface area contributed by atoms with E-state index in [1.54, 1.807) is 6.07 Å². The molecule has 0 bridgehead atoms. The molecule has 0 aliphatic rings. The van der Waals surface area contributed by atoms with E-state index in [9.17, 15) is 27.9 Å². The van der Waals surface area contributed by atoms with Gasteiger partial charge in [0.1, 0.15) is 17.1 Å². The molecule has 1 unspecified atom stereocenters. The lowest BCUT2D eigenvalue weighted by Crippen LogP contribution is -2.59. The van der Waals surface area contributed by atoms with Gasteiger partial charge in [-0.2, -0.15) is 17.9 Å². The van der Waals surface area contributed by atoms with Crippen molar-refractivity contribution < 1.29 is 32.1 Å². The van der Waals surface area contributed by atoms with E-state index >= 15 is 0 Å². The van der Waals surface area contributed by atoms with Crippen LogP contribution in [-0.2, 0) is 12.0 Å². The van der Waals surface area contributed by atoms with Gasteiger partial charge in [-0.1, -0.05) is 13.8 Å². The van der Waals surface area contributed by atoms with Gasteiger partial charge in [0.25, 0.3) is 0 Å². The first kappa shape index (κ1) is 22.8. The van der Waals surface area contributed by atoms with E-state index in [0.717, 1.165) is 12.1 Å². The summed E-state index contributed by atoms with van der Waals surface area (Å²) < 4.78 is 61.2. The second kappa shape index (κ2) is 8.01. The number of alkyl halides is 3. The van der Waals surface area contributed by atoms with E-state index < -0.39 is 29.6 Å². The Bertz CT molecular complexity index is 1080. The molecule has 0 radical (unpaired) electrons. The zero-order chi connectivity index (χ0) is 23.0. The van der Waals surface area contributed by atoms with Crippen LogP contribution < -0.4 is 14.8 Å². The summed E-state index contributed by atoms with van der Waals surface area (Å²) in [7, 11) is 1.34. The zero-order valence-corrected chi connectivity index (χ0v) is 17.2. The van der Waals surface area contributed by atoms with Gasteiger partial charge in [0, 0.05) is 35.7 Å². The van der Waals surface area contributed by atoms with Gasteiger partial charge in [0.05, 0.1) is 7.11 Å².